The fourth-order valence-electron chi connectivity index (χ4n) is 1.45. The molecule has 0 radical (unpaired) electrons. The number of hydrogen-bond acceptors (Lipinski definition) is 3. The summed E-state index contributed by atoms with van der Waals surface area (Å²) in [6, 6.07) is 0. The van der Waals surface area contributed by atoms with Crippen molar-refractivity contribution < 1.29 is 4.79 Å². The SMILES string of the molecule is CC(=O)c1c(N)ncc(Br)c1C(C)C. The van der Waals surface area contributed by atoms with Gasteiger partial charge in [-0.2, -0.15) is 0 Å². The standard InChI is InChI=1S/C10H13BrN2O/c1-5(2)8-7(11)4-13-10(12)9(8)6(3)14/h4-5H,1-3H3,(H2,12,13). The molecule has 0 amide bonds. The van der Waals surface area contributed by atoms with Crippen LogP contribution in [0.1, 0.15) is 42.6 Å². The summed E-state index contributed by atoms with van der Waals surface area (Å²) in [7, 11) is 0. The van der Waals surface area contributed by atoms with Gasteiger partial charge >= 0.3 is 0 Å². The van der Waals surface area contributed by atoms with Gasteiger partial charge in [-0.05, 0) is 34.3 Å². The summed E-state index contributed by atoms with van der Waals surface area (Å²) in [6.07, 6.45) is 1.64. The number of rotatable bonds is 2. The Morgan fingerprint density at radius 3 is 2.50 bits per heavy atom. The Hall–Kier alpha value is -0.900. The van der Waals surface area contributed by atoms with Crippen molar-refractivity contribution in [3.8, 4) is 0 Å². The number of ketones is 1. The molecule has 0 spiro atoms. The average Bonchev–Trinajstić information content (AvgIpc) is 2.07. The second-order valence-corrected chi connectivity index (χ2v) is 4.35. The lowest BCUT2D eigenvalue weighted by molar-refractivity contribution is 0.101. The number of Topliss-reactive ketones (excluding diaryl/α,β-unsaturated/α-hetero) is 1. The van der Waals surface area contributed by atoms with Gasteiger partial charge in [-0.1, -0.05) is 13.8 Å². The zero-order chi connectivity index (χ0) is 10.9. The van der Waals surface area contributed by atoms with Crippen LogP contribution in [0.15, 0.2) is 10.7 Å². The van der Waals surface area contributed by atoms with Crippen molar-refractivity contribution in [3.63, 3.8) is 0 Å². The molecule has 4 heteroatoms. The molecule has 1 aromatic heterocycles. The fourth-order valence-corrected chi connectivity index (χ4v) is 2.21. The Morgan fingerprint density at radius 1 is 1.57 bits per heavy atom. The number of nitrogens with two attached hydrogens (primary N) is 1. The number of hydrogen-bond donors (Lipinski definition) is 1. The monoisotopic (exact) mass is 256 g/mol. The van der Waals surface area contributed by atoms with Crippen LogP contribution in [-0.4, -0.2) is 10.8 Å². The van der Waals surface area contributed by atoms with Crippen LogP contribution in [0.3, 0.4) is 0 Å². The molecule has 1 heterocycles. The van der Waals surface area contributed by atoms with E-state index in [0.29, 0.717) is 11.4 Å². The first kappa shape index (κ1) is 11.2. The molecular weight excluding hydrogens is 244 g/mol. The molecule has 0 saturated heterocycles. The molecule has 1 aromatic rings. The highest BCUT2D eigenvalue weighted by molar-refractivity contribution is 9.10. The molecule has 76 valence electrons. The number of nitrogen functional groups attached to an aromatic ring is 1. The number of anilines is 1. The molecule has 0 atom stereocenters. The molecule has 0 unspecified atom stereocenters. The number of carbonyl (C=O) groups excluding carboxylic acids is 1. The maximum Gasteiger partial charge on any atom is 0.163 e. The van der Waals surface area contributed by atoms with Crippen molar-refractivity contribution in [2.45, 2.75) is 26.7 Å². The van der Waals surface area contributed by atoms with E-state index in [1.165, 1.54) is 6.92 Å². The predicted octanol–water partition coefficient (Wildman–Crippen LogP) is 2.75. The van der Waals surface area contributed by atoms with E-state index < -0.39 is 0 Å². The Morgan fingerprint density at radius 2 is 2.14 bits per heavy atom. The van der Waals surface area contributed by atoms with Crippen molar-refractivity contribution in [1.82, 2.24) is 4.98 Å². The Bertz CT molecular complexity index is 375. The summed E-state index contributed by atoms with van der Waals surface area (Å²) < 4.78 is 0.840. The smallest absolute Gasteiger partial charge is 0.163 e. The van der Waals surface area contributed by atoms with E-state index in [9.17, 15) is 4.79 Å². The largest absolute Gasteiger partial charge is 0.383 e. The highest BCUT2D eigenvalue weighted by Gasteiger charge is 2.17. The third kappa shape index (κ3) is 1.95. The van der Waals surface area contributed by atoms with Crippen LogP contribution in [-0.2, 0) is 0 Å². The van der Waals surface area contributed by atoms with Gasteiger partial charge in [0.1, 0.15) is 5.82 Å². The van der Waals surface area contributed by atoms with E-state index in [2.05, 4.69) is 20.9 Å². The van der Waals surface area contributed by atoms with E-state index in [0.717, 1.165) is 10.0 Å². The lowest BCUT2D eigenvalue weighted by Gasteiger charge is -2.14. The first-order chi connectivity index (χ1) is 6.45. The third-order valence-corrected chi connectivity index (χ3v) is 2.66. The van der Waals surface area contributed by atoms with Crippen LogP contribution in [0, 0.1) is 0 Å². The molecule has 2 N–H and O–H groups in total. The molecule has 14 heavy (non-hydrogen) atoms. The van der Waals surface area contributed by atoms with Crippen LogP contribution in [0.5, 0.6) is 0 Å². The zero-order valence-corrected chi connectivity index (χ0v) is 10.1. The van der Waals surface area contributed by atoms with Crippen molar-refractivity contribution in [3.05, 3.63) is 21.8 Å². The van der Waals surface area contributed by atoms with E-state index in [4.69, 9.17) is 5.73 Å². The van der Waals surface area contributed by atoms with Gasteiger partial charge < -0.3 is 5.73 Å². The normalized spacial score (nSPS) is 10.6. The lowest BCUT2D eigenvalue weighted by Crippen LogP contribution is -2.08. The maximum atomic E-state index is 11.4. The Kier molecular flexibility index (Phi) is 3.26. The van der Waals surface area contributed by atoms with Gasteiger partial charge in [0.25, 0.3) is 0 Å². The van der Waals surface area contributed by atoms with Crippen molar-refractivity contribution in [1.29, 1.82) is 0 Å². The van der Waals surface area contributed by atoms with Crippen molar-refractivity contribution in [2.24, 2.45) is 0 Å². The molecule has 0 saturated carbocycles. The molecule has 0 aliphatic carbocycles. The Balaban J connectivity index is 3.50. The van der Waals surface area contributed by atoms with Crippen LogP contribution < -0.4 is 5.73 Å². The minimum atomic E-state index is -0.0417. The molecule has 1 rings (SSSR count). The van der Waals surface area contributed by atoms with E-state index in [-0.39, 0.29) is 11.7 Å². The van der Waals surface area contributed by atoms with Gasteiger partial charge in [-0.25, -0.2) is 4.98 Å². The van der Waals surface area contributed by atoms with E-state index in [1.807, 2.05) is 13.8 Å². The van der Waals surface area contributed by atoms with Crippen LogP contribution in [0.25, 0.3) is 0 Å². The van der Waals surface area contributed by atoms with E-state index in [1.54, 1.807) is 6.20 Å². The topological polar surface area (TPSA) is 56.0 Å². The average molecular weight is 257 g/mol. The van der Waals surface area contributed by atoms with Gasteiger partial charge in [0.15, 0.2) is 5.78 Å². The van der Waals surface area contributed by atoms with Gasteiger partial charge in [0.05, 0.1) is 5.56 Å². The van der Waals surface area contributed by atoms with Gasteiger partial charge in [-0.15, -0.1) is 0 Å². The van der Waals surface area contributed by atoms with Crippen LogP contribution >= 0.6 is 15.9 Å². The highest BCUT2D eigenvalue weighted by Crippen LogP contribution is 2.30. The molecule has 0 aliphatic rings. The summed E-state index contributed by atoms with van der Waals surface area (Å²) in [6.45, 7) is 5.55. The maximum absolute atomic E-state index is 11.4. The molecule has 3 nitrogen and oxygen atoms in total. The quantitative estimate of drug-likeness (QED) is 0.829. The minimum Gasteiger partial charge on any atom is -0.383 e. The summed E-state index contributed by atoms with van der Waals surface area (Å²) >= 11 is 3.38. The lowest BCUT2D eigenvalue weighted by atomic mass is 9.96. The summed E-state index contributed by atoms with van der Waals surface area (Å²) in [5.41, 5.74) is 7.15. The summed E-state index contributed by atoms with van der Waals surface area (Å²) in [5.74, 6) is 0.512. The molecule has 0 fully saturated rings. The molecular formula is C10H13BrN2O. The number of pyridine rings is 1. The van der Waals surface area contributed by atoms with E-state index >= 15 is 0 Å². The summed E-state index contributed by atoms with van der Waals surface area (Å²) in [5, 5.41) is 0. The van der Waals surface area contributed by atoms with Crippen molar-refractivity contribution >= 4 is 27.5 Å². The number of carbonyl (C=O) groups is 1. The van der Waals surface area contributed by atoms with Crippen molar-refractivity contribution in [2.75, 3.05) is 5.73 Å². The Labute approximate surface area is 91.8 Å². The number of nitrogens with zero attached hydrogens (tertiary/aromatic N) is 1. The first-order valence-electron chi connectivity index (χ1n) is 4.40. The van der Waals surface area contributed by atoms with Crippen LogP contribution in [0.2, 0.25) is 0 Å². The first-order valence-corrected chi connectivity index (χ1v) is 5.19. The summed E-state index contributed by atoms with van der Waals surface area (Å²) in [4.78, 5) is 15.4. The second-order valence-electron chi connectivity index (χ2n) is 3.49. The number of aromatic nitrogens is 1. The minimum absolute atomic E-state index is 0.0417. The molecule has 0 aliphatic heterocycles. The van der Waals surface area contributed by atoms with Gasteiger partial charge in [-0.3, -0.25) is 4.79 Å². The zero-order valence-electron chi connectivity index (χ0n) is 8.47. The number of halogens is 1. The second kappa shape index (κ2) is 4.09. The third-order valence-electron chi connectivity index (χ3n) is 2.03. The predicted molar refractivity (Wildman–Crippen MR) is 60.4 cm³/mol. The fraction of sp³-hybridized carbons (Fsp3) is 0.400. The highest BCUT2D eigenvalue weighted by atomic mass is 79.9. The van der Waals surface area contributed by atoms with Crippen LogP contribution in [0.4, 0.5) is 5.82 Å². The van der Waals surface area contributed by atoms with Gasteiger partial charge in [0, 0.05) is 10.7 Å². The molecule has 0 aromatic carbocycles. The van der Waals surface area contributed by atoms with Gasteiger partial charge in [0.2, 0.25) is 0 Å². The molecule has 0 bridgehead atoms.